The summed E-state index contributed by atoms with van der Waals surface area (Å²) in [7, 11) is 0. The Morgan fingerprint density at radius 3 is 2.36 bits per heavy atom. The van der Waals surface area contributed by atoms with Gasteiger partial charge in [-0.2, -0.15) is 0 Å². The molecule has 0 aliphatic heterocycles. The Morgan fingerprint density at radius 1 is 1.18 bits per heavy atom. The highest BCUT2D eigenvalue weighted by atomic mass is 16.3. The number of rotatable bonds is 1. The van der Waals surface area contributed by atoms with E-state index in [0.29, 0.717) is 17.8 Å². The van der Waals surface area contributed by atoms with Gasteiger partial charge in [-0.05, 0) is 30.6 Å². The average Bonchev–Trinajstić information content (AvgIpc) is 2.53. The van der Waals surface area contributed by atoms with Crippen LogP contribution in [0.5, 0.6) is 0 Å². The highest BCUT2D eigenvalue weighted by Crippen LogP contribution is 2.49. The summed E-state index contributed by atoms with van der Waals surface area (Å²) in [4.78, 5) is 0. The number of fused-ring (bicyclic) bond motifs is 2. The van der Waals surface area contributed by atoms with E-state index in [-0.39, 0.29) is 0 Å². The molecule has 2 aliphatic rings. The molecule has 2 saturated carbocycles. The van der Waals surface area contributed by atoms with Crippen molar-refractivity contribution < 1.29 is 10.2 Å². The molecule has 11 heavy (non-hydrogen) atoms. The Balaban J connectivity index is 2.10. The molecule has 2 N–H and O–H groups in total. The summed E-state index contributed by atoms with van der Waals surface area (Å²) in [5, 5.41) is 19.0. The van der Waals surface area contributed by atoms with E-state index < -0.39 is 12.2 Å². The Bertz CT molecular complexity index is 152. The zero-order chi connectivity index (χ0) is 8.01. The first-order chi connectivity index (χ1) is 5.24. The zero-order valence-electron chi connectivity index (χ0n) is 6.90. The van der Waals surface area contributed by atoms with Crippen molar-refractivity contribution >= 4 is 0 Å². The van der Waals surface area contributed by atoms with Crippen molar-refractivity contribution in [2.24, 2.45) is 17.8 Å². The van der Waals surface area contributed by atoms with Crippen LogP contribution < -0.4 is 0 Å². The molecule has 2 bridgehead atoms. The van der Waals surface area contributed by atoms with Gasteiger partial charge in [0.05, 0.1) is 12.2 Å². The van der Waals surface area contributed by atoms with Gasteiger partial charge in [-0.25, -0.2) is 0 Å². The maximum Gasteiger partial charge on any atom is 0.0832 e. The van der Waals surface area contributed by atoms with Gasteiger partial charge in [-0.3, -0.25) is 0 Å². The monoisotopic (exact) mass is 156 g/mol. The van der Waals surface area contributed by atoms with E-state index in [4.69, 9.17) is 0 Å². The van der Waals surface area contributed by atoms with Gasteiger partial charge < -0.3 is 10.2 Å². The first-order valence-electron chi connectivity index (χ1n) is 4.60. The maximum atomic E-state index is 9.54. The predicted molar refractivity (Wildman–Crippen MR) is 42.0 cm³/mol. The van der Waals surface area contributed by atoms with Gasteiger partial charge in [-0.1, -0.05) is 13.3 Å². The Morgan fingerprint density at radius 2 is 1.91 bits per heavy atom. The molecule has 0 radical (unpaired) electrons. The van der Waals surface area contributed by atoms with Gasteiger partial charge in [0.25, 0.3) is 0 Å². The lowest BCUT2D eigenvalue weighted by Gasteiger charge is -2.28. The number of aliphatic hydroxyl groups excluding tert-OH is 2. The molecule has 0 aromatic heterocycles. The predicted octanol–water partition coefficient (Wildman–Crippen LogP) is 0.774. The molecular weight excluding hydrogens is 140 g/mol. The lowest BCUT2D eigenvalue weighted by Crippen LogP contribution is -2.36. The summed E-state index contributed by atoms with van der Waals surface area (Å²) >= 11 is 0. The van der Waals surface area contributed by atoms with Crippen molar-refractivity contribution in [2.45, 2.75) is 38.4 Å². The fourth-order valence-corrected chi connectivity index (χ4v) is 2.90. The molecule has 5 atom stereocenters. The third-order valence-electron chi connectivity index (χ3n) is 3.58. The van der Waals surface area contributed by atoms with E-state index in [2.05, 4.69) is 6.92 Å². The topological polar surface area (TPSA) is 40.5 Å². The number of aliphatic hydroxyl groups is 2. The summed E-state index contributed by atoms with van der Waals surface area (Å²) in [6.45, 7) is 2.17. The van der Waals surface area contributed by atoms with Crippen molar-refractivity contribution in [1.82, 2.24) is 0 Å². The van der Waals surface area contributed by atoms with Crippen LogP contribution in [0, 0.1) is 17.8 Å². The van der Waals surface area contributed by atoms with Gasteiger partial charge in [0.2, 0.25) is 0 Å². The van der Waals surface area contributed by atoms with Crippen molar-refractivity contribution in [3.8, 4) is 0 Å². The van der Waals surface area contributed by atoms with Crippen LogP contribution in [0.15, 0.2) is 0 Å². The van der Waals surface area contributed by atoms with E-state index in [9.17, 15) is 10.2 Å². The summed E-state index contributed by atoms with van der Waals surface area (Å²) in [6.07, 6.45) is 2.52. The quantitative estimate of drug-likeness (QED) is 0.589. The van der Waals surface area contributed by atoms with Crippen LogP contribution in [0.1, 0.15) is 26.2 Å². The molecule has 2 heteroatoms. The van der Waals surface area contributed by atoms with Gasteiger partial charge in [-0.15, -0.1) is 0 Å². The van der Waals surface area contributed by atoms with E-state index in [1.54, 1.807) is 0 Å². The SMILES string of the molecule is CCC1CC2CC1C(O)C2O. The maximum absolute atomic E-state index is 9.54. The van der Waals surface area contributed by atoms with E-state index in [0.717, 1.165) is 19.3 Å². The van der Waals surface area contributed by atoms with Gasteiger partial charge >= 0.3 is 0 Å². The molecule has 2 rings (SSSR count). The number of hydrogen-bond acceptors (Lipinski definition) is 2. The van der Waals surface area contributed by atoms with Crippen molar-refractivity contribution in [1.29, 1.82) is 0 Å². The highest BCUT2D eigenvalue weighted by molar-refractivity contribution is 5.00. The van der Waals surface area contributed by atoms with Crippen LogP contribution >= 0.6 is 0 Å². The first kappa shape index (κ1) is 7.56. The molecule has 0 amide bonds. The summed E-state index contributed by atoms with van der Waals surface area (Å²) in [6, 6.07) is 0. The molecule has 0 aromatic carbocycles. The molecule has 2 nitrogen and oxygen atoms in total. The van der Waals surface area contributed by atoms with Crippen molar-refractivity contribution in [3.05, 3.63) is 0 Å². The van der Waals surface area contributed by atoms with Gasteiger partial charge in [0.1, 0.15) is 0 Å². The van der Waals surface area contributed by atoms with E-state index in [1.165, 1.54) is 0 Å². The van der Waals surface area contributed by atoms with E-state index >= 15 is 0 Å². The van der Waals surface area contributed by atoms with Crippen LogP contribution in [0.3, 0.4) is 0 Å². The Kier molecular flexibility index (Phi) is 1.69. The summed E-state index contributed by atoms with van der Waals surface area (Å²) < 4.78 is 0. The second-order valence-electron chi connectivity index (χ2n) is 4.04. The lowest BCUT2D eigenvalue weighted by molar-refractivity contribution is -0.0342. The minimum absolute atomic E-state index is 0.403. The smallest absolute Gasteiger partial charge is 0.0832 e. The fraction of sp³-hybridized carbons (Fsp3) is 1.00. The highest BCUT2D eigenvalue weighted by Gasteiger charge is 2.50. The first-order valence-corrected chi connectivity index (χ1v) is 4.60. The average molecular weight is 156 g/mol. The van der Waals surface area contributed by atoms with Crippen molar-refractivity contribution in [2.75, 3.05) is 0 Å². The molecule has 2 fully saturated rings. The standard InChI is InChI=1S/C9H16O2/c1-2-5-3-6-4-7(5)9(11)8(6)10/h5-11H,2-4H2,1H3. The van der Waals surface area contributed by atoms with Crippen LogP contribution in [0.2, 0.25) is 0 Å². The largest absolute Gasteiger partial charge is 0.390 e. The van der Waals surface area contributed by atoms with Crippen LogP contribution in [0.4, 0.5) is 0 Å². The minimum Gasteiger partial charge on any atom is -0.390 e. The molecule has 2 aliphatic carbocycles. The second kappa shape index (κ2) is 2.46. The molecule has 0 aromatic rings. The Labute approximate surface area is 67.2 Å². The zero-order valence-corrected chi connectivity index (χ0v) is 6.90. The van der Waals surface area contributed by atoms with E-state index in [1.807, 2.05) is 0 Å². The summed E-state index contributed by atoms with van der Waals surface area (Å²) in [5.41, 5.74) is 0. The normalized spacial score (nSPS) is 55.4. The molecular formula is C9H16O2. The fourth-order valence-electron chi connectivity index (χ4n) is 2.90. The molecule has 5 unspecified atom stereocenters. The van der Waals surface area contributed by atoms with Crippen LogP contribution in [-0.2, 0) is 0 Å². The van der Waals surface area contributed by atoms with Crippen LogP contribution in [0.25, 0.3) is 0 Å². The third kappa shape index (κ3) is 0.926. The third-order valence-corrected chi connectivity index (χ3v) is 3.58. The van der Waals surface area contributed by atoms with Crippen molar-refractivity contribution in [3.63, 3.8) is 0 Å². The second-order valence-corrected chi connectivity index (χ2v) is 4.04. The number of hydrogen-bond donors (Lipinski definition) is 2. The van der Waals surface area contributed by atoms with Crippen LogP contribution in [-0.4, -0.2) is 22.4 Å². The summed E-state index contributed by atoms with van der Waals surface area (Å²) in [5.74, 6) is 1.48. The van der Waals surface area contributed by atoms with Gasteiger partial charge in [0.15, 0.2) is 0 Å². The molecule has 0 saturated heterocycles. The lowest BCUT2D eigenvalue weighted by atomic mass is 9.84. The molecule has 0 heterocycles. The Hall–Kier alpha value is -0.0800. The van der Waals surface area contributed by atoms with Gasteiger partial charge in [0, 0.05) is 0 Å². The molecule has 64 valence electrons. The molecule has 0 spiro atoms. The minimum atomic E-state index is -0.418.